The molecule has 0 spiro atoms. The molecule has 1 saturated heterocycles. The number of rotatable bonds is 4. The van der Waals surface area contributed by atoms with Crippen LogP contribution in [-0.4, -0.2) is 29.0 Å². The number of amides is 1. The van der Waals surface area contributed by atoms with Crippen LogP contribution in [0.3, 0.4) is 0 Å². The number of hydrogen-bond acceptors (Lipinski definition) is 5. The number of piperidine rings is 1. The first-order valence-corrected chi connectivity index (χ1v) is 11.3. The molecule has 1 fully saturated rings. The van der Waals surface area contributed by atoms with Gasteiger partial charge in [-0.2, -0.15) is 10.2 Å². The molecule has 0 aliphatic carbocycles. The van der Waals surface area contributed by atoms with E-state index in [0.29, 0.717) is 17.4 Å². The fourth-order valence-electron chi connectivity index (χ4n) is 4.97. The number of anilines is 2. The third-order valence-corrected chi connectivity index (χ3v) is 6.69. The lowest BCUT2D eigenvalue weighted by Crippen LogP contribution is -2.41. The maximum Gasteiger partial charge on any atom is 0.258 e. The highest BCUT2D eigenvalue weighted by atomic mass is 16.2. The van der Waals surface area contributed by atoms with Gasteiger partial charge in [0, 0.05) is 19.0 Å². The Morgan fingerprint density at radius 2 is 1.67 bits per heavy atom. The first-order valence-electron chi connectivity index (χ1n) is 11.3. The fraction of sp³-hybridized carbons (Fsp3) is 0.308. The lowest BCUT2D eigenvalue weighted by Gasteiger charge is -2.34. The Morgan fingerprint density at radius 3 is 2.33 bits per heavy atom. The topological polar surface area (TPSA) is 102 Å². The second-order valence-corrected chi connectivity index (χ2v) is 8.76. The molecule has 7 heteroatoms. The van der Waals surface area contributed by atoms with Crippen molar-refractivity contribution in [3.05, 3.63) is 87.7 Å². The van der Waals surface area contributed by atoms with Gasteiger partial charge in [0.1, 0.15) is 11.7 Å². The van der Waals surface area contributed by atoms with Crippen LogP contribution in [0.25, 0.3) is 0 Å². The minimum atomic E-state index is -0.984. The molecule has 0 saturated carbocycles. The van der Waals surface area contributed by atoms with Crippen LogP contribution >= 0.6 is 0 Å². The van der Waals surface area contributed by atoms with E-state index in [0.717, 1.165) is 37.9 Å². The van der Waals surface area contributed by atoms with E-state index >= 15 is 0 Å². The van der Waals surface area contributed by atoms with E-state index in [1.165, 1.54) is 5.56 Å². The van der Waals surface area contributed by atoms with Gasteiger partial charge in [0.05, 0.1) is 11.6 Å². The standard InChI is InChI=1S/C26H25N5O2/c27-16-20-21(19-9-5-2-6-10-19)22-23(28-24(20)32)29-26(30-25(22)33)31-13-11-18(12-14-31)15-17-7-3-1-4-8-17/h1-10,18,20-21H,11-15H2,(H2,28,29,30,32,33). The van der Waals surface area contributed by atoms with Gasteiger partial charge in [-0.3, -0.25) is 14.6 Å². The quantitative estimate of drug-likeness (QED) is 0.648. The molecule has 0 bridgehead atoms. The number of H-pyrrole nitrogens is 1. The Kier molecular flexibility index (Phi) is 5.66. The Balaban J connectivity index is 1.40. The van der Waals surface area contributed by atoms with Gasteiger partial charge in [0.25, 0.3) is 5.56 Å². The summed E-state index contributed by atoms with van der Waals surface area (Å²) in [5.41, 5.74) is 2.13. The largest absolute Gasteiger partial charge is 0.342 e. The molecule has 33 heavy (non-hydrogen) atoms. The van der Waals surface area contributed by atoms with E-state index in [1.54, 1.807) is 0 Å². The number of fused-ring (bicyclic) bond motifs is 1. The number of benzene rings is 2. The van der Waals surface area contributed by atoms with Crippen molar-refractivity contribution in [3.63, 3.8) is 0 Å². The van der Waals surface area contributed by atoms with E-state index in [-0.39, 0.29) is 11.4 Å². The molecule has 2 aliphatic rings. The normalized spacial score (nSPS) is 20.6. The number of aromatic amines is 1. The summed E-state index contributed by atoms with van der Waals surface area (Å²) in [5.74, 6) is -0.745. The number of hydrogen-bond donors (Lipinski definition) is 2. The SMILES string of the molecule is N#CC1C(=O)Nc2nc(N3CCC(Cc4ccccc4)CC3)[nH]c(=O)c2C1c1ccccc1. The molecular formula is C26H25N5O2. The summed E-state index contributed by atoms with van der Waals surface area (Å²) >= 11 is 0. The van der Waals surface area contributed by atoms with Crippen molar-refractivity contribution in [3.8, 4) is 6.07 Å². The molecule has 2 unspecified atom stereocenters. The van der Waals surface area contributed by atoms with Crippen molar-refractivity contribution in [2.24, 2.45) is 11.8 Å². The fourth-order valence-corrected chi connectivity index (χ4v) is 4.97. The molecule has 2 aromatic carbocycles. The van der Waals surface area contributed by atoms with Crippen molar-refractivity contribution < 1.29 is 4.79 Å². The van der Waals surface area contributed by atoms with E-state index in [2.05, 4.69) is 50.5 Å². The third kappa shape index (κ3) is 4.12. The minimum Gasteiger partial charge on any atom is -0.342 e. The summed E-state index contributed by atoms with van der Waals surface area (Å²) in [4.78, 5) is 35.5. The van der Waals surface area contributed by atoms with E-state index in [4.69, 9.17) is 0 Å². The number of nitrogens with one attached hydrogen (secondary N) is 2. The Hall–Kier alpha value is -3.92. The maximum atomic E-state index is 13.2. The number of carbonyl (C=O) groups is 1. The van der Waals surface area contributed by atoms with Crippen molar-refractivity contribution in [2.75, 3.05) is 23.3 Å². The zero-order valence-electron chi connectivity index (χ0n) is 18.2. The van der Waals surface area contributed by atoms with Gasteiger partial charge in [-0.1, -0.05) is 60.7 Å². The van der Waals surface area contributed by atoms with Crippen LogP contribution in [-0.2, 0) is 11.2 Å². The molecule has 1 aromatic heterocycles. The zero-order valence-corrected chi connectivity index (χ0v) is 18.2. The zero-order chi connectivity index (χ0) is 22.8. The Labute approximate surface area is 192 Å². The van der Waals surface area contributed by atoms with Crippen LogP contribution in [0, 0.1) is 23.2 Å². The van der Waals surface area contributed by atoms with Crippen LogP contribution in [0.15, 0.2) is 65.5 Å². The lowest BCUT2D eigenvalue weighted by molar-refractivity contribution is -0.119. The molecule has 7 nitrogen and oxygen atoms in total. The lowest BCUT2D eigenvalue weighted by atomic mass is 9.79. The number of aromatic nitrogens is 2. The number of nitrogens with zero attached hydrogens (tertiary/aromatic N) is 3. The third-order valence-electron chi connectivity index (χ3n) is 6.69. The van der Waals surface area contributed by atoms with Gasteiger partial charge < -0.3 is 10.2 Å². The molecule has 5 rings (SSSR count). The predicted octanol–water partition coefficient (Wildman–Crippen LogP) is 3.45. The summed E-state index contributed by atoms with van der Waals surface area (Å²) in [6.45, 7) is 1.58. The highest BCUT2D eigenvalue weighted by Gasteiger charge is 2.40. The molecule has 2 N–H and O–H groups in total. The summed E-state index contributed by atoms with van der Waals surface area (Å²) in [7, 11) is 0. The molecule has 166 valence electrons. The summed E-state index contributed by atoms with van der Waals surface area (Å²) in [5, 5.41) is 12.4. The molecule has 2 atom stereocenters. The first-order chi connectivity index (χ1) is 16.1. The average Bonchev–Trinajstić information content (AvgIpc) is 2.84. The summed E-state index contributed by atoms with van der Waals surface area (Å²) in [6.07, 6.45) is 3.06. The smallest absolute Gasteiger partial charge is 0.258 e. The van der Waals surface area contributed by atoms with Crippen molar-refractivity contribution >= 4 is 17.7 Å². The van der Waals surface area contributed by atoms with Gasteiger partial charge in [-0.05, 0) is 36.3 Å². The minimum absolute atomic E-state index is 0.255. The molecule has 0 radical (unpaired) electrons. The number of carbonyl (C=O) groups excluding carboxylic acids is 1. The second-order valence-electron chi connectivity index (χ2n) is 8.76. The van der Waals surface area contributed by atoms with Gasteiger partial charge in [0.2, 0.25) is 11.9 Å². The van der Waals surface area contributed by atoms with Gasteiger partial charge in [-0.25, -0.2) is 0 Å². The van der Waals surface area contributed by atoms with Gasteiger partial charge >= 0.3 is 0 Å². The molecular weight excluding hydrogens is 414 g/mol. The number of nitriles is 1. The van der Waals surface area contributed by atoms with E-state index in [9.17, 15) is 14.9 Å². The molecule has 1 amide bonds. The Bertz CT molecular complexity index is 1240. The predicted molar refractivity (Wildman–Crippen MR) is 126 cm³/mol. The van der Waals surface area contributed by atoms with Crippen molar-refractivity contribution in [1.29, 1.82) is 5.26 Å². The van der Waals surface area contributed by atoms with Crippen LogP contribution in [0.4, 0.5) is 11.8 Å². The summed E-state index contributed by atoms with van der Waals surface area (Å²) < 4.78 is 0. The maximum absolute atomic E-state index is 13.2. The Morgan fingerprint density at radius 1 is 1.00 bits per heavy atom. The molecule has 3 heterocycles. The summed E-state index contributed by atoms with van der Waals surface area (Å²) in [6, 6.07) is 21.8. The van der Waals surface area contributed by atoms with Crippen LogP contribution in [0.2, 0.25) is 0 Å². The van der Waals surface area contributed by atoms with Crippen LogP contribution in [0.1, 0.15) is 35.4 Å². The monoisotopic (exact) mass is 439 g/mol. The van der Waals surface area contributed by atoms with Crippen LogP contribution < -0.4 is 15.8 Å². The van der Waals surface area contributed by atoms with Gasteiger partial charge in [-0.15, -0.1) is 0 Å². The van der Waals surface area contributed by atoms with Crippen molar-refractivity contribution in [2.45, 2.75) is 25.2 Å². The van der Waals surface area contributed by atoms with E-state index < -0.39 is 17.7 Å². The highest BCUT2D eigenvalue weighted by molar-refractivity contribution is 5.97. The van der Waals surface area contributed by atoms with Crippen molar-refractivity contribution in [1.82, 2.24) is 9.97 Å². The van der Waals surface area contributed by atoms with E-state index in [1.807, 2.05) is 36.4 Å². The average molecular weight is 440 g/mol. The second kappa shape index (κ2) is 8.91. The van der Waals surface area contributed by atoms with Gasteiger partial charge in [0.15, 0.2) is 0 Å². The highest BCUT2D eigenvalue weighted by Crippen LogP contribution is 2.38. The first kappa shape index (κ1) is 21.0. The molecule has 2 aliphatic heterocycles. The van der Waals surface area contributed by atoms with Crippen LogP contribution in [0.5, 0.6) is 0 Å². The molecule has 3 aromatic rings.